The lowest BCUT2D eigenvalue weighted by molar-refractivity contribution is 0.257. The molecule has 1 heteroatoms. The Balaban J connectivity index is 1.80. The van der Waals surface area contributed by atoms with Gasteiger partial charge in [0, 0.05) is 6.54 Å². The molecule has 0 amide bonds. The van der Waals surface area contributed by atoms with Crippen LogP contribution in [-0.2, 0) is 6.42 Å². The van der Waals surface area contributed by atoms with Crippen molar-refractivity contribution >= 4 is 0 Å². The second-order valence-electron chi connectivity index (χ2n) is 5.58. The Morgan fingerprint density at radius 2 is 1.82 bits per heavy atom. The normalized spacial score (nSPS) is 18.4. The maximum Gasteiger partial charge on any atom is 0.000480 e. The van der Waals surface area contributed by atoms with E-state index in [1.54, 1.807) is 0 Å². The zero-order chi connectivity index (χ0) is 12.0. The molecule has 1 aliphatic rings. The number of rotatable bonds is 6. The summed E-state index contributed by atoms with van der Waals surface area (Å²) in [5.74, 6) is 0. The summed E-state index contributed by atoms with van der Waals surface area (Å²) >= 11 is 0. The van der Waals surface area contributed by atoms with Gasteiger partial charge in [0.1, 0.15) is 0 Å². The van der Waals surface area contributed by atoms with E-state index in [-0.39, 0.29) is 0 Å². The van der Waals surface area contributed by atoms with Crippen molar-refractivity contribution < 1.29 is 0 Å². The van der Waals surface area contributed by atoms with Crippen molar-refractivity contribution in [3.63, 3.8) is 0 Å². The lowest BCUT2D eigenvalue weighted by Crippen LogP contribution is -2.30. The first kappa shape index (κ1) is 12.6. The Morgan fingerprint density at radius 1 is 1.12 bits per heavy atom. The molecule has 94 valence electrons. The van der Waals surface area contributed by atoms with Gasteiger partial charge in [-0.15, -0.1) is 0 Å². The zero-order valence-electron chi connectivity index (χ0n) is 11.0. The van der Waals surface area contributed by atoms with Crippen LogP contribution in [0.3, 0.4) is 0 Å². The quantitative estimate of drug-likeness (QED) is 0.785. The molecular formula is C16H25N. The summed E-state index contributed by atoms with van der Waals surface area (Å²) in [5.41, 5.74) is 2.11. The van der Waals surface area contributed by atoms with Crippen LogP contribution in [0.25, 0.3) is 0 Å². The monoisotopic (exact) mass is 231 g/mol. The standard InChI is InChI=1S/C16H25N/c1-17-14-16(11-5-6-12-16)13-7-10-15-8-3-2-4-9-15/h2-4,8-9,17H,5-7,10-14H2,1H3. The van der Waals surface area contributed by atoms with Gasteiger partial charge < -0.3 is 5.32 Å². The molecule has 0 radical (unpaired) electrons. The average Bonchev–Trinajstić information content (AvgIpc) is 2.80. The van der Waals surface area contributed by atoms with E-state index in [9.17, 15) is 0 Å². The molecule has 0 bridgehead atoms. The highest BCUT2D eigenvalue weighted by Gasteiger charge is 2.32. The third-order valence-corrected chi connectivity index (χ3v) is 4.23. The third-order valence-electron chi connectivity index (χ3n) is 4.23. The summed E-state index contributed by atoms with van der Waals surface area (Å²) in [4.78, 5) is 0. The van der Waals surface area contributed by atoms with E-state index in [1.165, 1.54) is 57.1 Å². The number of benzene rings is 1. The predicted octanol–water partition coefficient (Wildman–Crippen LogP) is 3.79. The minimum atomic E-state index is 0.615. The first-order valence-corrected chi connectivity index (χ1v) is 7.03. The van der Waals surface area contributed by atoms with E-state index < -0.39 is 0 Å². The molecule has 0 spiro atoms. The zero-order valence-corrected chi connectivity index (χ0v) is 11.0. The van der Waals surface area contributed by atoms with Gasteiger partial charge in [-0.25, -0.2) is 0 Å². The van der Waals surface area contributed by atoms with Crippen molar-refractivity contribution in [2.45, 2.75) is 44.9 Å². The van der Waals surface area contributed by atoms with E-state index in [2.05, 4.69) is 42.7 Å². The van der Waals surface area contributed by atoms with Gasteiger partial charge in [-0.1, -0.05) is 43.2 Å². The smallest absolute Gasteiger partial charge is 0.000480 e. The fourth-order valence-corrected chi connectivity index (χ4v) is 3.33. The maximum atomic E-state index is 3.40. The van der Waals surface area contributed by atoms with Gasteiger partial charge in [0.15, 0.2) is 0 Å². The Morgan fingerprint density at radius 3 is 2.47 bits per heavy atom. The van der Waals surface area contributed by atoms with Crippen molar-refractivity contribution in [3.05, 3.63) is 35.9 Å². The summed E-state index contributed by atoms with van der Waals surface area (Å²) < 4.78 is 0. The molecule has 1 aromatic rings. The molecule has 0 unspecified atom stereocenters. The van der Waals surface area contributed by atoms with Crippen molar-refractivity contribution in [1.82, 2.24) is 5.32 Å². The van der Waals surface area contributed by atoms with Gasteiger partial charge >= 0.3 is 0 Å². The first-order chi connectivity index (χ1) is 8.35. The largest absolute Gasteiger partial charge is 0.319 e. The molecule has 0 saturated heterocycles. The number of hydrogen-bond donors (Lipinski definition) is 1. The van der Waals surface area contributed by atoms with Gasteiger partial charge in [-0.2, -0.15) is 0 Å². The molecule has 0 atom stereocenters. The first-order valence-electron chi connectivity index (χ1n) is 7.03. The maximum absolute atomic E-state index is 3.40. The molecule has 0 aromatic heterocycles. The topological polar surface area (TPSA) is 12.0 Å². The van der Waals surface area contributed by atoms with Crippen LogP contribution in [0, 0.1) is 5.41 Å². The Hall–Kier alpha value is -0.820. The molecule has 1 saturated carbocycles. The number of aryl methyl sites for hydroxylation is 1. The van der Waals surface area contributed by atoms with Crippen molar-refractivity contribution in [2.24, 2.45) is 5.41 Å². The molecule has 2 rings (SSSR count). The number of hydrogen-bond acceptors (Lipinski definition) is 1. The minimum Gasteiger partial charge on any atom is -0.319 e. The van der Waals surface area contributed by atoms with Gasteiger partial charge in [-0.3, -0.25) is 0 Å². The molecule has 17 heavy (non-hydrogen) atoms. The van der Waals surface area contributed by atoms with Crippen LogP contribution >= 0.6 is 0 Å². The van der Waals surface area contributed by atoms with Crippen molar-refractivity contribution in [3.8, 4) is 0 Å². The molecule has 1 N–H and O–H groups in total. The highest BCUT2D eigenvalue weighted by molar-refractivity contribution is 5.14. The van der Waals surface area contributed by atoms with Crippen LogP contribution in [0.1, 0.15) is 44.1 Å². The SMILES string of the molecule is CNCC1(CCCc2ccccc2)CCCC1. The van der Waals surface area contributed by atoms with E-state index >= 15 is 0 Å². The van der Waals surface area contributed by atoms with Crippen molar-refractivity contribution in [1.29, 1.82) is 0 Å². The molecule has 1 fully saturated rings. The van der Waals surface area contributed by atoms with Gasteiger partial charge in [0.25, 0.3) is 0 Å². The highest BCUT2D eigenvalue weighted by Crippen LogP contribution is 2.41. The fraction of sp³-hybridized carbons (Fsp3) is 0.625. The lowest BCUT2D eigenvalue weighted by atomic mass is 9.80. The molecule has 1 aliphatic carbocycles. The second-order valence-corrected chi connectivity index (χ2v) is 5.58. The van der Waals surface area contributed by atoms with Gasteiger partial charge in [0.05, 0.1) is 0 Å². The van der Waals surface area contributed by atoms with Crippen LogP contribution in [0.15, 0.2) is 30.3 Å². The predicted molar refractivity (Wildman–Crippen MR) is 74.2 cm³/mol. The average molecular weight is 231 g/mol. The molecule has 1 nitrogen and oxygen atoms in total. The van der Waals surface area contributed by atoms with E-state index in [4.69, 9.17) is 0 Å². The summed E-state index contributed by atoms with van der Waals surface area (Å²) in [6.07, 6.45) is 9.71. The van der Waals surface area contributed by atoms with Crippen LogP contribution in [-0.4, -0.2) is 13.6 Å². The molecular weight excluding hydrogens is 206 g/mol. The Bertz CT molecular complexity index is 312. The fourth-order valence-electron chi connectivity index (χ4n) is 3.33. The van der Waals surface area contributed by atoms with Gasteiger partial charge in [-0.05, 0) is 50.1 Å². The summed E-state index contributed by atoms with van der Waals surface area (Å²) in [5, 5.41) is 3.40. The van der Waals surface area contributed by atoms with Crippen LogP contribution in [0.2, 0.25) is 0 Å². The molecule has 0 aliphatic heterocycles. The summed E-state index contributed by atoms with van der Waals surface area (Å²) in [6.45, 7) is 1.21. The van der Waals surface area contributed by atoms with Crippen LogP contribution < -0.4 is 5.32 Å². The summed E-state index contributed by atoms with van der Waals surface area (Å²) in [7, 11) is 2.09. The molecule has 0 heterocycles. The van der Waals surface area contributed by atoms with E-state index in [1.807, 2.05) is 0 Å². The lowest BCUT2D eigenvalue weighted by Gasteiger charge is -2.28. The second kappa shape index (κ2) is 6.20. The third kappa shape index (κ3) is 3.57. The highest BCUT2D eigenvalue weighted by atomic mass is 14.8. The van der Waals surface area contributed by atoms with Gasteiger partial charge in [0.2, 0.25) is 0 Å². The van der Waals surface area contributed by atoms with Crippen LogP contribution in [0.5, 0.6) is 0 Å². The Kier molecular flexibility index (Phi) is 4.61. The minimum absolute atomic E-state index is 0.615. The molecule has 1 aromatic carbocycles. The Labute approximate surface area is 106 Å². The number of nitrogens with one attached hydrogen (secondary N) is 1. The van der Waals surface area contributed by atoms with E-state index in [0.29, 0.717) is 5.41 Å². The summed E-state index contributed by atoms with van der Waals surface area (Å²) in [6, 6.07) is 10.9. The van der Waals surface area contributed by atoms with E-state index in [0.717, 1.165) is 0 Å². The van der Waals surface area contributed by atoms with Crippen LogP contribution in [0.4, 0.5) is 0 Å². The van der Waals surface area contributed by atoms with Crippen molar-refractivity contribution in [2.75, 3.05) is 13.6 Å².